The summed E-state index contributed by atoms with van der Waals surface area (Å²) < 4.78 is 5.44. The Labute approximate surface area is 107 Å². The second kappa shape index (κ2) is 5.10. The Morgan fingerprint density at radius 1 is 1.56 bits per heavy atom. The van der Waals surface area contributed by atoms with Crippen molar-refractivity contribution in [3.63, 3.8) is 0 Å². The van der Waals surface area contributed by atoms with E-state index in [1.165, 1.54) is 0 Å². The lowest BCUT2D eigenvalue weighted by Crippen LogP contribution is -2.48. The average molecular weight is 251 g/mol. The lowest BCUT2D eigenvalue weighted by atomic mass is 9.82. The number of rotatable bonds is 3. The summed E-state index contributed by atoms with van der Waals surface area (Å²) in [6.07, 6.45) is 1.97. The van der Waals surface area contributed by atoms with Gasteiger partial charge in [-0.15, -0.1) is 0 Å². The standard InChI is InChI=1S/C13H21N3O2/c1-9-10(2)18-11(16-9)7-15-12(17)13(3)5-4-6-14-8-13/h14H,4-8H2,1-3H3,(H,15,17). The Balaban J connectivity index is 1.91. The number of hydrogen-bond donors (Lipinski definition) is 2. The van der Waals surface area contributed by atoms with Crippen molar-refractivity contribution in [2.45, 2.75) is 40.2 Å². The van der Waals surface area contributed by atoms with Crippen LogP contribution in [-0.2, 0) is 11.3 Å². The predicted octanol–water partition coefficient (Wildman–Crippen LogP) is 1.30. The van der Waals surface area contributed by atoms with Crippen LogP contribution in [0.5, 0.6) is 0 Å². The topological polar surface area (TPSA) is 67.2 Å². The van der Waals surface area contributed by atoms with Crippen molar-refractivity contribution in [2.75, 3.05) is 13.1 Å². The molecule has 5 nitrogen and oxygen atoms in total. The summed E-state index contributed by atoms with van der Waals surface area (Å²) in [5.74, 6) is 1.46. The van der Waals surface area contributed by atoms with Crippen molar-refractivity contribution < 1.29 is 9.21 Å². The van der Waals surface area contributed by atoms with Crippen LogP contribution in [0.15, 0.2) is 4.42 Å². The molecule has 0 spiro atoms. The van der Waals surface area contributed by atoms with E-state index >= 15 is 0 Å². The van der Waals surface area contributed by atoms with Crippen molar-refractivity contribution in [2.24, 2.45) is 5.41 Å². The number of carbonyl (C=O) groups is 1. The fourth-order valence-corrected chi connectivity index (χ4v) is 2.23. The van der Waals surface area contributed by atoms with Crippen LogP contribution in [0.3, 0.4) is 0 Å². The lowest BCUT2D eigenvalue weighted by Gasteiger charge is -2.32. The first-order valence-electron chi connectivity index (χ1n) is 6.43. The van der Waals surface area contributed by atoms with Gasteiger partial charge in [-0.1, -0.05) is 0 Å². The Bertz CT molecular complexity index is 414. The van der Waals surface area contributed by atoms with E-state index in [-0.39, 0.29) is 11.3 Å². The number of amides is 1. The minimum Gasteiger partial charge on any atom is -0.444 e. The molecule has 100 valence electrons. The van der Waals surface area contributed by atoms with Gasteiger partial charge in [-0.05, 0) is 40.2 Å². The number of oxazole rings is 1. The second-order valence-electron chi connectivity index (χ2n) is 5.27. The summed E-state index contributed by atoms with van der Waals surface area (Å²) in [7, 11) is 0. The molecule has 0 radical (unpaired) electrons. The van der Waals surface area contributed by atoms with Crippen LogP contribution in [0.2, 0.25) is 0 Å². The first kappa shape index (κ1) is 13.1. The van der Waals surface area contributed by atoms with Gasteiger partial charge >= 0.3 is 0 Å². The second-order valence-corrected chi connectivity index (χ2v) is 5.27. The van der Waals surface area contributed by atoms with Gasteiger partial charge in [0, 0.05) is 6.54 Å². The average Bonchev–Trinajstić information content (AvgIpc) is 2.67. The lowest BCUT2D eigenvalue weighted by molar-refractivity contribution is -0.131. The largest absolute Gasteiger partial charge is 0.444 e. The zero-order valence-electron chi connectivity index (χ0n) is 11.3. The molecule has 1 aliphatic heterocycles. The van der Waals surface area contributed by atoms with Crippen LogP contribution in [-0.4, -0.2) is 24.0 Å². The molecule has 2 rings (SSSR count). The van der Waals surface area contributed by atoms with Gasteiger partial charge in [0.2, 0.25) is 11.8 Å². The number of aromatic nitrogens is 1. The molecule has 0 saturated carbocycles. The van der Waals surface area contributed by atoms with Gasteiger partial charge in [0.25, 0.3) is 0 Å². The third-order valence-electron chi connectivity index (χ3n) is 3.62. The minimum atomic E-state index is -0.311. The Kier molecular flexibility index (Phi) is 3.71. The van der Waals surface area contributed by atoms with Crippen LogP contribution in [0.4, 0.5) is 0 Å². The maximum absolute atomic E-state index is 12.2. The number of aryl methyl sites for hydroxylation is 2. The van der Waals surface area contributed by atoms with Gasteiger partial charge in [-0.2, -0.15) is 0 Å². The molecule has 0 aromatic carbocycles. The van der Waals surface area contributed by atoms with E-state index in [2.05, 4.69) is 15.6 Å². The summed E-state index contributed by atoms with van der Waals surface area (Å²) >= 11 is 0. The fraction of sp³-hybridized carbons (Fsp3) is 0.692. The van der Waals surface area contributed by atoms with E-state index in [0.29, 0.717) is 12.4 Å². The van der Waals surface area contributed by atoms with Crippen LogP contribution < -0.4 is 10.6 Å². The number of carbonyl (C=O) groups excluding carboxylic acids is 1. The summed E-state index contributed by atoms with van der Waals surface area (Å²) in [4.78, 5) is 16.4. The predicted molar refractivity (Wildman–Crippen MR) is 68.0 cm³/mol. The molecule has 0 bridgehead atoms. The van der Waals surface area contributed by atoms with E-state index < -0.39 is 0 Å². The van der Waals surface area contributed by atoms with Crippen LogP contribution in [0.25, 0.3) is 0 Å². The van der Waals surface area contributed by atoms with Gasteiger partial charge in [0.05, 0.1) is 17.7 Å². The highest BCUT2D eigenvalue weighted by Crippen LogP contribution is 2.25. The molecule has 1 saturated heterocycles. The Morgan fingerprint density at radius 2 is 2.33 bits per heavy atom. The zero-order chi connectivity index (χ0) is 13.2. The molecule has 18 heavy (non-hydrogen) atoms. The van der Waals surface area contributed by atoms with Crippen LogP contribution >= 0.6 is 0 Å². The van der Waals surface area contributed by atoms with Gasteiger partial charge in [-0.3, -0.25) is 4.79 Å². The molecule has 1 unspecified atom stereocenters. The molecule has 1 amide bonds. The van der Waals surface area contributed by atoms with Crippen molar-refractivity contribution in [3.8, 4) is 0 Å². The molecule has 2 N–H and O–H groups in total. The van der Waals surface area contributed by atoms with Crippen molar-refractivity contribution in [3.05, 3.63) is 17.3 Å². The highest BCUT2D eigenvalue weighted by molar-refractivity contribution is 5.82. The smallest absolute Gasteiger partial charge is 0.227 e. The summed E-state index contributed by atoms with van der Waals surface area (Å²) in [6.45, 7) is 7.88. The summed E-state index contributed by atoms with van der Waals surface area (Å²) in [5.41, 5.74) is 0.569. The normalized spacial score (nSPS) is 23.9. The van der Waals surface area contributed by atoms with E-state index in [1.54, 1.807) is 0 Å². The Hall–Kier alpha value is -1.36. The van der Waals surface area contributed by atoms with E-state index in [4.69, 9.17) is 4.42 Å². The van der Waals surface area contributed by atoms with Gasteiger partial charge in [0.1, 0.15) is 5.76 Å². The number of nitrogens with zero attached hydrogens (tertiary/aromatic N) is 1. The van der Waals surface area contributed by atoms with E-state index in [0.717, 1.165) is 37.4 Å². The molecule has 1 aromatic rings. The van der Waals surface area contributed by atoms with Crippen LogP contribution in [0, 0.1) is 19.3 Å². The molecule has 1 aliphatic rings. The van der Waals surface area contributed by atoms with Crippen molar-refractivity contribution in [1.82, 2.24) is 15.6 Å². The summed E-state index contributed by atoms with van der Waals surface area (Å²) in [6, 6.07) is 0. The first-order valence-corrected chi connectivity index (χ1v) is 6.43. The fourth-order valence-electron chi connectivity index (χ4n) is 2.23. The quantitative estimate of drug-likeness (QED) is 0.849. The molecule has 2 heterocycles. The minimum absolute atomic E-state index is 0.0724. The number of piperidine rings is 1. The third-order valence-corrected chi connectivity index (χ3v) is 3.62. The van der Waals surface area contributed by atoms with Crippen molar-refractivity contribution in [1.29, 1.82) is 0 Å². The van der Waals surface area contributed by atoms with Crippen LogP contribution in [0.1, 0.15) is 37.1 Å². The SMILES string of the molecule is Cc1nc(CNC(=O)C2(C)CCCNC2)oc1C. The molecule has 5 heteroatoms. The first-order chi connectivity index (χ1) is 8.51. The van der Waals surface area contributed by atoms with Gasteiger partial charge in [-0.25, -0.2) is 4.98 Å². The molecular weight excluding hydrogens is 230 g/mol. The number of hydrogen-bond acceptors (Lipinski definition) is 4. The monoisotopic (exact) mass is 251 g/mol. The maximum Gasteiger partial charge on any atom is 0.227 e. The van der Waals surface area contributed by atoms with Crippen molar-refractivity contribution >= 4 is 5.91 Å². The molecule has 1 fully saturated rings. The number of nitrogens with one attached hydrogen (secondary N) is 2. The highest BCUT2D eigenvalue weighted by atomic mass is 16.4. The molecule has 1 atom stereocenters. The van der Waals surface area contributed by atoms with E-state index in [9.17, 15) is 4.79 Å². The molecule has 0 aliphatic carbocycles. The van der Waals surface area contributed by atoms with E-state index in [1.807, 2.05) is 20.8 Å². The van der Waals surface area contributed by atoms with Gasteiger partial charge < -0.3 is 15.1 Å². The molecule has 1 aromatic heterocycles. The zero-order valence-corrected chi connectivity index (χ0v) is 11.3. The van der Waals surface area contributed by atoms with Gasteiger partial charge in [0.15, 0.2) is 0 Å². The maximum atomic E-state index is 12.2. The molecular formula is C13H21N3O2. The summed E-state index contributed by atoms with van der Waals surface area (Å²) in [5, 5.41) is 6.18. The third kappa shape index (κ3) is 2.72. The Morgan fingerprint density at radius 3 is 2.89 bits per heavy atom. The highest BCUT2D eigenvalue weighted by Gasteiger charge is 2.34.